The summed E-state index contributed by atoms with van der Waals surface area (Å²) in [5.74, 6) is -0.484. The first-order chi connectivity index (χ1) is 16.0. The molecule has 4 aliphatic heterocycles. The van der Waals surface area contributed by atoms with Gasteiger partial charge in [0.15, 0.2) is 0 Å². The molecule has 0 saturated carbocycles. The Morgan fingerprint density at radius 1 is 0.970 bits per heavy atom. The van der Waals surface area contributed by atoms with Gasteiger partial charge in [0.25, 0.3) is 17.7 Å². The molecule has 2 atom stereocenters. The van der Waals surface area contributed by atoms with Crippen molar-refractivity contribution < 1.29 is 33.4 Å². The lowest BCUT2D eigenvalue weighted by Gasteiger charge is -2.33. The van der Waals surface area contributed by atoms with Crippen molar-refractivity contribution in [3.63, 3.8) is 0 Å². The van der Waals surface area contributed by atoms with Crippen LogP contribution in [0.1, 0.15) is 20.7 Å². The number of anilines is 2. The van der Waals surface area contributed by atoms with Crippen LogP contribution < -0.4 is 14.5 Å². The molecular weight excluding hydrogens is 430 g/mol. The molecule has 2 aromatic carbocycles. The van der Waals surface area contributed by atoms with Crippen molar-refractivity contribution in [2.24, 2.45) is 0 Å². The summed E-state index contributed by atoms with van der Waals surface area (Å²) in [6.45, 7) is 0.988. The first-order valence-corrected chi connectivity index (χ1v) is 10.6. The lowest BCUT2D eigenvalue weighted by molar-refractivity contribution is -0.125. The topological polar surface area (TPSA) is 106 Å². The molecule has 4 heterocycles. The van der Waals surface area contributed by atoms with Crippen molar-refractivity contribution in [3.05, 3.63) is 53.6 Å². The second kappa shape index (κ2) is 7.31. The van der Waals surface area contributed by atoms with E-state index in [4.69, 9.17) is 14.2 Å². The first kappa shape index (κ1) is 19.7. The number of fused-ring (bicyclic) bond motifs is 4. The molecule has 0 aliphatic carbocycles. The van der Waals surface area contributed by atoms with Gasteiger partial charge in [-0.25, -0.2) is 4.79 Å². The summed E-state index contributed by atoms with van der Waals surface area (Å²) in [6, 6.07) is 11.3. The predicted molar refractivity (Wildman–Crippen MR) is 113 cm³/mol. The second-order valence-electron chi connectivity index (χ2n) is 8.19. The zero-order valence-electron chi connectivity index (χ0n) is 17.4. The maximum Gasteiger partial charge on any atom is 0.415 e. The smallest absolute Gasteiger partial charge is 0.415 e. The minimum Gasteiger partial charge on any atom is -0.489 e. The van der Waals surface area contributed by atoms with E-state index >= 15 is 0 Å². The third-order valence-electron chi connectivity index (χ3n) is 6.36. The monoisotopic (exact) mass is 449 g/mol. The number of amides is 4. The van der Waals surface area contributed by atoms with Crippen molar-refractivity contribution in [1.82, 2.24) is 4.90 Å². The van der Waals surface area contributed by atoms with Crippen LogP contribution in [0.4, 0.5) is 16.2 Å². The molecule has 0 N–H and O–H groups in total. The molecule has 4 amide bonds. The van der Waals surface area contributed by atoms with E-state index in [1.807, 2.05) is 0 Å². The van der Waals surface area contributed by atoms with Gasteiger partial charge in [0.05, 0.1) is 30.0 Å². The summed E-state index contributed by atoms with van der Waals surface area (Å²) < 4.78 is 16.7. The maximum atomic E-state index is 12.8. The third kappa shape index (κ3) is 2.98. The molecule has 33 heavy (non-hydrogen) atoms. The molecule has 2 aromatic rings. The van der Waals surface area contributed by atoms with E-state index in [1.54, 1.807) is 47.4 Å². The van der Waals surface area contributed by atoms with E-state index in [9.17, 15) is 19.2 Å². The number of hydrogen-bond acceptors (Lipinski definition) is 7. The van der Waals surface area contributed by atoms with E-state index in [-0.39, 0.29) is 25.7 Å². The average Bonchev–Trinajstić information content (AvgIpc) is 3.28. The number of morpholine rings is 1. The van der Waals surface area contributed by atoms with Crippen LogP contribution in [0.5, 0.6) is 5.75 Å². The van der Waals surface area contributed by atoms with Crippen molar-refractivity contribution >= 4 is 35.2 Å². The molecule has 0 spiro atoms. The molecule has 2 unspecified atom stereocenters. The molecule has 10 nitrogen and oxygen atoms in total. The molecule has 0 radical (unpaired) electrons. The van der Waals surface area contributed by atoms with Gasteiger partial charge in [-0.1, -0.05) is 12.1 Å². The summed E-state index contributed by atoms with van der Waals surface area (Å²) in [4.78, 5) is 54.6. The Hall–Kier alpha value is -3.92. The number of benzene rings is 2. The van der Waals surface area contributed by atoms with E-state index in [2.05, 4.69) is 0 Å². The van der Waals surface area contributed by atoms with Gasteiger partial charge in [-0.3, -0.25) is 24.2 Å². The highest BCUT2D eigenvalue weighted by Crippen LogP contribution is 2.41. The highest BCUT2D eigenvalue weighted by atomic mass is 16.6. The quantitative estimate of drug-likeness (QED) is 0.653. The van der Waals surface area contributed by atoms with Crippen molar-refractivity contribution in [1.29, 1.82) is 0 Å². The fraction of sp³-hybridized carbons (Fsp3) is 0.304. The highest BCUT2D eigenvalue weighted by molar-refractivity contribution is 6.21. The van der Waals surface area contributed by atoms with Gasteiger partial charge in [0.1, 0.15) is 31.1 Å². The number of nitrogens with zero attached hydrogens (tertiary/aromatic N) is 3. The molecule has 0 aromatic heterocycles. The summed E-state index contributed by atoms with van der Waals surface area (Å²) >= 11 is 0. The molecule has 2 fully saturated rings. The lowest BCUT2D eigenvalue weighted by atomic mass is 10.1. The summed E-state index contributed by atoms with van der Waals surface area (Å²) in [7, 11) is 0. The number of cyclic esters (lactones) is 1. The number of carbonyl (C=O) groups is 4. The van der Waals surface area contributed by atoms with Crippen LogP contribution in [-0.4, -0.2) is 73.8 Å². The fourth-order valence-corrected chi connectivity index (χ4v) is 4.72. The first-order valence-electron chi connectivity index (χ1n) is 10.6. The number of hydrogen-bond donors (Lipinski definition) is 0. The van der Waals surface area contributed by atoms with Gasteiger partial charge < -0.3 is 19.1 Å². The molecule has 4 aliphatic rings. The molecule has 0 bridgehead atoms. The van der Waals surface area contributed by atoms with Crippen LogP contribution in [0.25, 0.3) is 0 Å². The van der Waals surface area contributed by atoms with Crippen LogP contribution in [0.3, 0.4) is 0 Å². The zero-order valence-corrected chi connectivity index (χ0v) is 17.4. The van der Waals surface area contributed by atoms with E-state index < -0.39 is 30.1 Å². The minimum atomic E-state index is -0.728. The zero-order chi connectivity index (χ0) is 22.7. The van der Waals surface area contributed by atoms with Crippen LogP contribution in [-0.2, 0) is 14.3 Å². The van der Waals surface area contributed by atoms with Gasteiger partial charge in [0, 0.05) is 18.3 Å². The van der Waals surface area contributed by atoms with Crippen molar-refractivity contribution in [2.45, 2.75) is 12.1 Å². The molecular formula is C23H19N3O7. The summed E-state index contributed by atoms with van der Waals surface area (Å²) in [6.07, 6.45) is -1.30. The Balaban J connectivity index is 1.24. The summed E-state index contributed by atoms with van der Waals surface area (Å²) in [5.41, 5.74) is 1.87. The van der Waals surface area contributed by atoms with Crippen LogP contribution >= 0.6 is 0 Å². The minimum absolute atomic E-state index is 0.0257. The van der Waals surface area contributed by atoms with Gasteiger partial charge in [-0.15, -0.1) is 0 Å². The SMILES string of the molecule is O=C1c2ccccc2C(=O)N1CC1OC(=O)N2c3ccc(N4CCOCC4=O)cc3OCC12. The van der Waals surface area contributed by atoms with Gasteiger partial charge in [0.2, 0.25) is 0 Å². The normalized spacial score (nSPS) is 23.8. The van der Waals surface area contributed by atoms with Crippen LogP contribution in [0.2, 0.25) is 0 Å². The van der Waals surface area contributed by atoms with Gasteiger partial charge in [-0.2, -0.15) is 0 Å². The molecule has 2 saturated heterocycles. The Labute approximate surface area is 188 Å². The summed E-state index contributed by atoms with van der Waals surface area (Å²) in [5, 5.41) is 0. The van der Waals surface area contributed by atoms with Crippen molar-refractivity contribution in [3.8, 4) is 5.75 Å². The van der Waals surface area contributed by atoms with E-state index in [0.717, 1.165) is 4.90 Å². The van der Waals surface area contributed by atoms with Gasteiger partial charge in [-0.05, 0) is 24.3 Å². The van der Waals surface area contributed by atoms with E-state index in [1.165, 1.54) is 4.90 Å². The average molecular weight is 449 g/mol. The Bertz CT molecular complexity index is 1180. The Kier molecular flexibility index (Phi) is 4.37. The van der Waals surface area contributed by atoms with Crippen LogP contribution in [0, 0.1) is 0 Å². The number of imide groups is 1. The van der Waals surface area contributed by atoms with E-state index in [0.29, 0.717) is 41.4 Å². The number of ether oxygens (including phenoxy) is 3. The lowest BCUT2D eigenvalue weighted by Crippen LogP contribution is -2.49. The van der Waals surface area contributed by atoms with Crippen molar-refractivity contribution in [2.75, 3.05) is 42.7 Å². The third-order valence-corrected chi connectivity index (χ3v) is 6.36. The Morgan fingerprint density at radius 2 is 1.73 bits per heavy atom. The molecule has 10 heteroatoms. The molecule has 6 rings (SSSR count). The predicted octanol–water partition coefficient (Wildman–Crippen LogP) is 1.43. The standard InChI is InChI=1S/C23H19N3O7/c27-20-12-31-8-7-24(20)13-5-6-16-18(9-13)32-11-17-19(33-23(30)26(16)17)10-25-21(28)14-3-1-2-4-15(14)22(25)29/h1-6,9,17,19H,7-8,10-12H2. The molecule has 168 valence electrons. The number of carbonyl (C=O) groups excluding carboxylic acids is 4. The maximum absolute atomic E-state index is 12.8. The highest BCUT2D eigenvalue weighted by Gasteiger charge is 2.49. The van der Waals surface area contributed by atoms with Gasteiger partial charge >= 0.3 is 6.09 Å². The second-order valence-corrected chi connectivity index (χ2v) is 8.19. The van der Waals surface area contributed by atoms with Crippen LogP contribution in [0.15, 0.2) is 42.5 Å². The number of rotatable bonds is 3. The largest absolute Gasteiger partial charge is 0.489 e. The Morgan fingerprint density at radius 3 is 2.45 bits per heavy atom. The fourth-order valence-electron chi connectivity index (χ4n) is 4.72.